The number of rotatable bonds is 2. The molecule has 3 heteroatoms. The molecule has 0 aliphatic rings. The highest BCUT2D eigenvalue weighted by Gasteiger charge is 1.98. The summed E-state index contributed by atoms with van der Waals surface area (Å²) in [6.07, 6.45) is 2.94. The summed E-state index contributed by atoms with van der Waals surface area (Å²) in [4.78, 5) is 0. The van der Waals surface area contributed by atoms with Crippen LogP contribution < -0.4 is 0 Å². The Labute approximate surface area is 75.4 Å². The van der Waals surface area contributed by atoms with Crippen molar-refractivity contribution in [2.75, 3.05) is 7.11 Å². The van der Waals surface area contributed by atoms with Gasteiger partial charge in [0, 0.05) is 10.6 Å². The molecule has 0 unspecified atom stereocenters. The average molecular weight is 187 g/mol. The molecule has 0 heterocycles. The molecule has 0 aliphatic carbocycles. The van der Waals surface area contributed by atoms with E-state index in [4.69, 9.17) is 11.6 Å². The molecule has 0 N–H and O–H groups in total. The first-order valence-electron chi connectivity index (χ1n) is 3.38. The molecule has 0 spiro atoms. The summed E-state index contributed by atoms with van der Waals surface area (Å²) in [5.41, 5.74) is 0.459. The Balaban J connectivity index is 2.94. The highest BCUT2D eigenvalue weighted by Crippen LogP contribution is 2.15. The molecule has 0 amide bonds. The fourth-order valence-electron chi connectivity index (χ4n) is 0.778. The topological polar surface area (TPSA) is 9.23 Å². The van der Waals surface area contributed by atoms with Gasteiger partial charge in [0.1, 0.15) is 5.82 Å². The quantitative estimate of drug-likeness (QED) is 0.645. The lowest BCUT2D eigenvalue weighted by atomic mass is 10.2. The lowest BCUT2D eigenvalue weighted by molar-refractivity contribution is 0.341. The van der Waals surface area contributed by atoms with Crippen LogP contribution in [-0.2, 0) is 4.74 Å². The van der Waals surface area contributed by atoms with Gasteiger partial charge in [0.25, 0.3) is 0 Å². The molecule has 12 heavy (non-hydrogen) atoms. The van der Waals surface area contributed by atoms with Crippen LogP contribution in [0.15, 0.2) is 24.5 Å². The molecule has 1 rings (SSSR count). The number of halogens is 2. The number of ether oxygens (including phenoxy) is 1. The summed E-state index contributed by atoms with van der Waals surface area (Å²) in [5.74, 6) is -0.351. The Morgan fingerprint density at radius 2 is 2.25 bits per heavy atom. The van der Waals surface area contributed by atoms with Crippen LogP contribution in [0, 0.1) is 5.82 Å². The second-order valence-electron chi connectivity index (χ2n) is 2.20. The fraction of sp³-hybridized carbons (Fsp3) is 0.111. The molecule has 0 aliphatic heterocycles. The van der Waals surface area contributed by atoms with Gasteiger partial charge in [0.05, 0.1) is 13.4 Å². The predicted molar refractivity (Wildman–Crippen MR) is 47.5 cm³/mol. The summed E-state index contributed by atoms with van der Waals surface area (Å²) in [6.45, 7) is 0. The largest absolute Gasteiger partial charge is 0.504 e. The SMILES string of the molecule is CO/C=C/c1ccc(Cl)cc1F. The van der Waals surface area contributed by atoms with E-state index >= 15 is 0 Å². The van der Waals surface area contributed by atoms with Gasteiger partial charge < -0.3 is 4.74 Å². The van der Waals surface area contributed by atoms with Crippen molar-refractivity contribution in [1.29, 1.82) is 0 Å². The molecule has 1 aromatic carbocycles. The van der Waals surface area contributed by atoms with Crippen LogP contribution in [-0.4, -0.2) is 7.11 Å². The van der Waals surface area contributed by atoms with Crippen LogP contribution >= 0.6 is 11.6 Å². The zero-order valence-corrected chi connectivity index (χ0v) is 7.31. The third kappa shape index (κ3) is 2.24. The van der Waals surface area contributed by atoms with E-state index in [9.17, 15) is 4.39 Å². The summed E-state index contributed by atoms with van der Waals surface area (Å²) in [5, 5.41) is 0.391. The number of methoxy groups -OCH3 is 1. The first-order valence-corrected chi connectivity index (χ1v) is 3.76. The maximum Gasteiger partial charge on any atom is 0.132 e. The molecule has 1 aromatic rings. The maximum absolute atomic E-state index is 13.0. The molecule has 64 valence electrons. The Morgan fingerprint density at radius 1 is 1.50 bits per heavy atom. The van der Waals surface area contributed by atoms with E-state index in [-0.39, 0.29) is 5.82 Å². The molecule has 0 saturated heterocycles. The van der Waals surface area contributed by atoms with Crippen molar-refractivity contribution >= 4 is 17.7 Å². The first kappa shape index (κ1) is 9.07. The van der Waals surface area contributed by atoms with E-state index in [1.807, 2.05) is 0 Å². The van der Waals surface area contributed by atoms with Crippen molar-refractivity contribution in [1.82, 2.24) is 0 Å². The number of hydrogen-bond donors (Lipinski definition) is 0. The molecule has 0 saturated carbocycles. The minimum Gasteiger partial charge on any atom is -0.504 e. The second-order valence-corrected chi connectivity index (χ2v) is 2.64. The van der Waals surface area contributed by atoms with Crippen LogP contribution in [0.25, 0.3) is 6.08 Å². The van der Waals surface area contributed by atoms with Gasteiger partial charge in [-0.3, -0.25) is 0 Å². The number of benzene rings is 1. The van der Waals surface area contributed by atoms with Crippen LogP contribution in [0.2, 0.25) is 5.02 Å². The van der Waals surface area contributed by atoms with Gasteiger partial charge >= 0.3 is 0 Å². The van der Waals surface area contributed by atoms with E-state index in [2.05, 4.69) is 4.74 Å². The summed E-state index contributed by atoms with van der Waals surface area (Å²) >= 11 is 5.56. The first-order chi connectivity index (χ1) is 5.74. The van der Waals surface area contributed by atoms with E-state index in [0.717, 1.165) is 0 Å². The van der Waals surface area contributed by atoms with Gasteiger partial charge in [-0.1, -0.05) is 17.7 Å². The molecule has 0 radical (unpaired) electrons. The highest BCUT2D eigenvalue weighted by atomic mass is 35.5. The predicted octanol–water partition coefficient (Wildman–Crippen LogP) is 3.10. The van der Waals surface area contributed by atoms with E-state index in [1.54, 1.807) is 12.1 Å². The fourth-order valence-corrected chi connectivity index (χ4v) is 0.937. The van der Waals surface area contributed by atoms with E-state index < -0.39 is 0 Å². The van der Waals surface area contributed by atoms with Gasteiger partial charge in [0.2, 0.25) is 0 Å². The molecule has 0 atom stereocenters. The summed E-state index contributed by atoms with van der Waals surface area (Å²) in [7, 11) is 1.50. The summed E-state index contributed by atoms with van der Waals surface area (Å²) in [6, 6.07) is 4.48. The van der Waals surface area contributed by atoms with Crippen molar-refractivity contribution in [2.45, 2.75) is 0 Å². The van der Waals surface area contributed by atoms with Crippen molar-refractivity contribution in [2.24, 2.45) is 0 Å². The lowest BCUT2D eigenvalue weighted by Crippen LogP contribution is -1.80. The van der Waals surface area contributed by atoms with Crippen LogP contribution in [0.3, 0.4) is 0 Å². The van der Waals surface area contributed by atoms with E-state index in [1.165, 1.54) is 25.5 Å². The average Bonchev–Trinajstić information content (AvgIpc) is 2.03. The monoisotopic (exact) mass is 186 g/mol. The lowest BCUT2D eigenvalue weighted by Gasteiger charge is -1.96. The molecular formula is C9H8ClFO. The van der Waals surface area contributed by atoms with Gasteiger partial charge in [-0.25, -0.2) is 4.39 Å². The highest BCUT2D eigenvalue weighted by molar-refractivity contribution is 6.30. The van der Waals surface area contributed by atoms with Crippen LogP contribution in [0.5, 0.6) is 0 Å². The minimum absolute atomic E-state index is 0.351. The summed E-state index contributed by atoms with van der Waals surface area (Å²) < 4.78 is 17.6. The zero-order valence-electron chi connectivity index (χ0n) is 6.55. The molecule has 1 nitrogen and oxygen atoms in total. The molecular weight excluding hydrogens is 179 g/mol. The van der Waals surface area contributed by atoms with Gasteiger partial charge in [0.15, 0.2) is 0 Å². The normalized spacial score (nSPS) is 10.6. The number of hydrogen-bond acceptors (Lipinski definition) is 1. The van der Waals surface area contributed by atoms with Crippen molar-refractivity contribution in [3.8, 4) is 0 Å². The Hall–Kier alpha value is -1.02. The minimum atomic E-state index is -0.351. The standard InChI is InChI=1S/C9H8ClFO/c1-12-5-4-7-2-3-8(10)6-9(7)11/h2-6H,1H3/b5-4+. The van der Waals surface area contributed by atoms with Crippen molar-refractivity contribution in [3.63, 3.8) is 0 Å². The third-order valence-corrected chi connectivity index (χ3v) is 1.58. The molecule has 0 fully saturated rings. The van der Waals surface area contributed by atoms with Gasteiger partial charge in [-0.2, -0.15) is 0 Å². The molecule has 0 aromatic heterocycles. The van der Waals surface area contributed by atoms with Crippen LogP contribution in [0.4, 0.5) is 4.39 Å². The zero-order chi connectivity index (χ0) is 8.97. The van der Waals surface area contributed by atoms with Crippen LogP contribution in [0.1, 0.15) is 5.56 Å². The maximum atomic E-state index is 13.0. The Kier molecular flexibility index (Phi) is 3.11. The van der Waals surface area contributed by atoms with Gasteiger partial charge in [-0.05, 0) is 18.2 Å². The Morgan fingerprint density at radius 3 is 2.83 bits per heavy atom. The smallest absolute Gasteiger partial charge is 0.132 e. The Bertz CT molecular complexity index is 297. The third-order valence-electron chi connectivity index (χ3n) is 1.35. The van der Waals surface area contributed by atoms with Crippen molar-refractivity contribution < 1.29 is 9.13 Å². The van der Waals surface area contributed by atoms with Gasteiger partial charge in [-0.15, -0.1) is 0 Å². The molecule has 0 bridgehead atoms. The van der Waals surface area contributed by atoms with E-state index in [0.29, 0.717) is 10.6 Å². The second kappa shape index (κ2) is 4.12. The van der Waals surface area contributed by atoms with Crippen molar-refractivity contribution in [3.05, 3.63) is 40.9 Å².